The standard InChI is InChI=1S/C18H12ClN5O3/c19-10-4-2-5-11(8-10)24-17-14(22-18(24)27)13(15(20)26)21-16(23-17)9-3-1-6-12(25)7-9/h1-8,25H,(H2,20,26)(H,22,27). The van der Waals surface area contributed by atoms with Crippen molar-refractivity contribution >= 4 is 28.7 Å². The van der Waals surface area contributed by atoms with Crippen LogP contribution >= 0.6 is 11.6 Å². The zero-order valence-electron chi connectivity index (χ0n) is 13.7. The molecule has 0 aliphatic heterocycles. The summed E-state index contributed by atoms with van der Waals surface area (Å²) >= 11 is 6.03. The van der Waals surface area contributed by atoms with Gasteiger partial charge in [-0.3, -0.25) is 4.79 Å². The average molecular weight is 382 g/mol. The van der Waals surface area contributed by atoms with Gasteiger partial charge in [-0.1, -0.05) is 29.8 Å². The second-order valence-electron chi connectivity index (χ2n) is 5.75. The van der Waals surface area contributed by atoms with Crippen LogP contribution in [0.25, 0.3) is 28.2 Å². The maximum Gasteiger partial charge on any atom is 0.332 e. The minimum absolute atomic E-state index is 0.0122. The van der Waals surface area contributed by atoms with E-state index in [1.54, 1.807) is 36.4 Å². The van der Waals surface area contributed by atoms with Gasteiger partial charge in [0.2, 0.25) is 0 Å². The number of phenolic OH excluding ortho intramolecular Hbond substituents is 1. The first-order valence-corrected chi connectivity index (χ1v) is 8.20. The van der Waals surface area contributed by atoms with Crippen LogP contribution in [0.15, 0.2) is 53.3 Å². The van der Waals surface area contributed by atoms with Gasteiger partial charge in [0.05, 0.1) is 5.69 Å². The van der Waals surface area contributed by atoms with E-state index in [0.29, 0.717) is 16.3 Å². The molecule has 134 valence electrons. The maximum absolute atomic E-state index is 12.5. The molecule has 4 rings (SSSR count). The quantitative estimate of drug-likeness (QED) is 0.501. The minimum Gasteiger partial charge on any atom is -0.508 e. The summed E-state index contributed by atoms with van der Waals surface area (Å²) < 4.78 is 1.28. The van der Waals surface area contributed by atoms with E-state index in [1.165, 1.54) is 16.7 Å². The summed E-state index contributed by atoms with van der Waals surface area (Å²) in [7, 11) is 0. The summed E-state index contributed by atoms with van der Waals surface area (Å²) in [5, 5.41) is 10.1. The number of phenols is 1. The third-order valence-electron chi connectivity index (χ3n) is 3.94. The topological polar surface area (TPSA) is 127 Å². The molecule has 0 saturated carbocycles. The van der Waals surface area contributed by atoms with Gasteiger partial charge in [0.25, 0.3) is 5.91 Å². The van der Waals surface area contributed by atoms with Gasteiger partial charge in [-0.2, -0.15) is 0 Å². The summed E-state index contributed by atoms with van der Waals surface area (Å²) in [5.74, 6) is -0.664. The highest BCUT2D eigenvalue weighted by molar-refractivity contribution is 6.30. The van der Waals surface area contributed by atoms with E-state index < -0.39 is 11.6 Å². The Bertz CT molecular complexity index is 1260. The largest absolute Gasteiger partial charge is 0.508 e. The predicted molar refractivity (Wildman–Crippen MR) is 100 cm³/mol. The molecule has 2 aromatic carbocycles. The summed E-state index contributed by atoms with van der Waals surface area (Å²) in [6.07, 6.45) is 0. The van der Waals surface area contributed by atoms with Crippen molar-refractivity contribution in [1.82, 2.24) is 19.5 Å². The fourth-order valence-electron chi connectivity index (χ4n) is 2.79. The number of amides is 1. The number of primary amides is 1. The second-order valence-corrected chi connectivity index (χ2v) is 6.19. The Morgan fingerprint density at radius 3 is 2.63 bits per heavy atom. The molecule has 2 heterocycles. The third-order valence-corrected chi connectivity index (χ3v) is 4.18. The molecule has 0 aliphatic rings. The lowest BCUT2D eigenvalue weighted by Crippen LogP contribution is -2.15. The van der Waals surface area contributed by atoms with E-state index in [-0.39, 0.29) is 28.4 Å². The Morgan fingerprint density at radius 2 is 1.93 bits per heavy atom. The van der Waals surface area contributed by atoms with E-state index in [4.69, 9.17) is 17.3 Å². The number of carbonyl (C=O) groups excluding carboxylic acids is 1. The summed E-state index contributed by atoms with van der Waals surface area (Å²) in [6, 6.07) is 12.9. The molecule has 1 amide bonds. The number of hydrogen-bond donors (Lipinski definition) is 3. The molecule has 0 aliphatic carbocycles. The number of carbonyl (C=O) groups is 1. The van der Waals surface area contributed by atoms with Gasteiger partial charge in [-0.15, -0.1) is 0 Å². The fraction of sp³-hybridized carbons (Fsp3) is 0. The van der Waals surface area contributed by atoms with Crippen LogP contribution in [0.4, 0.5) is 0 Å². The van der Waals surface area contributed by atoms with E-state index in [0.717, 1.165) is 0 Å². The molecule has 0 fully saturated rings. The molecule has 4 aromatic rings. The van der Waals surface area contributed by atoms with Crippen molar-refractivity contribution < 1.29 is 9.90 Å². The molecular weight excluding hydrogens is 370 g/mol. The SMILES string of the molecule is NC(=O)c1nc(-c2cccc(O)c2)nc2c1[nH]c(=O)n2-c1cccc(Cl)c1. The van der Waals surface area contributed by atoms with Crippen molar-refractivity contribution in [2.45, 2.75) is 0 Å². The summed E-state index contributed by atoms with van der Waals surface area (Å²) in [5.41, 5.74) is 6.03. The Hall–Kier alpha value is -3.65. The van der Waals surface area contributed by atoms with Crippen molar-refractivity contribution in [3.8, 4) is 22.8 Å². The van der Waals surface area contributed by atoms with Crippen LogP contribution in [0.5, 0.6) is 5.75 Å². The number of rotatable bonds is 3. The average Bonchev–Trinajstić information content (AvgIpc) is 2.96. The number of nitrogens with one attached hydrogen (secondary N) is 1. The van der Waals surface area contributed by atoms with Crippen molar-refractivity contribution in [2.24, 2.45) is 5.73 Å². The number of hydrogen-bond acceptors (Lipinski definition) is 5. The van der Waals surface area contributed by atoms with Gasteiger partial charge in [0.15, 0.2) is 17.2 Å². The van der Waals surface area contributed by atoms with Crippen LogP contribution in [0, 0.1) is 0 Å². The zero-order valence-corrected chi connectivity index (χ0v) is 14.4. The number of aromatic nitrogens is 4. The number of benzene rings is 2. The van der Waals surface area contributed by atoms with Crippen LogP contribution in [-0.2, 0) is 0 Å². The lowest BCUT2D eigenvalue weighted by molar-refractivity contribution is 0.0997. The number of H-pyrrole nitrogens is 1. The van der Waals surface area contributed by atoms with E-state index in [2.05, 4.69) is 15.0 Å². The molecule has 0 atom stereocenters. The number of imidazole rings is 1. The first kappa shape index (κ1) is 16.8. The summed E-state index contributed by atoms with van der Waals surface area (Å²) in [6.45, 7) is 0. The lowest BCUT2D eigenvalue weighted by atomic mass is 10.2. The number of nitrogens with zero attached hydrogens (tertiary/aromatic N) is 3. The number of fused-ring (bicyclic) bond motifs is 1. The van der Waals surface area contributed by atoms with Crippen LogP contribution in [0.1, 0.15) is 10.5 Å². The van der Waals surface area contributed by atoms with Gasteiger partial charge < -0.3 is 15.8 Å². The Morgan fingerprint density at radius 1 is 1.15 bits per heavy atom. The zero-order chi connectivity index (χ0) is 19.1. The van der Waals surface area contributed by atoms with E-state index in [9.17, 15) is 14.7 Å². The fourth-order valence-corrected chi connectivity index (χ4v) is 2.98. The monoisotopic (exact) mass is 381 g/mol. The second kappa shape index (κ2) is 6.26. The predicted octanol–water partition coefficient (Wildman–Crippen LogP) is 2.23. The normalized spacial score (nSPS) is 11.0. The van der Waals surface area contributed by atoms with Crippen molar-refractivity contribution in [1.29, 1.82) is 0 Å². The van der Waals surface area contributed by atoms with Crippen molar-refractivity contribution in [3.05, 3.63) is 69.7 Å². The smallest absolute Gasteiger partial charge is 0.332 e. The molecule has 2 aromatic heterocycles. The molecule has 0 saturated heterocycles. The molecule has 4 N–H and O–H groups in total. The molecule has 0 radical (unpaired) electrons. The first-order chi connectivity index (χ1) is 12.9. The molecule has 9 heteroatoms. The molecule has 0 unspecified atom stereocenters. The van der Waals surface area contributed by atoms with Crippen LogP contribution in [0.3, 0.4) is 0 Å². The van der Waals surface area contributed by atoms with Gasteiger partial charge in [0, 0.05) is 10.6 Å². The van der Waals surface area contributed by atoms with Gasteiger partial charge in [0.1, 0.15) is 11.3 Å². The molecule has 8 nitrogen and oxygen atoms in total. The van der Waals surface area contributed by atoms with Gasteiger partial charge in [-0.25, -0.2) is 19.3 Å². The molecule has 0 spiro atoms. The molecule has 27 heavy (non-hydrogen) atoms. The van der Waals surface area contributed by atoms with Gasteiger partial charge >= 0.3 is 5.69 Å². The van der Waals surface area contributed by atoms with Crippen molar-refractivity contribution in [2.75, 3.05) is 0 Å². The van der Waals surface area contributed by atoms with E-state index >= 15 is 0 Å². The molecular formula is C18H12ClN5O3. The highest BCUT2D eigenvalue weighted by Crippen LogP contribution is 2.24. The highest BCUT2D eigenvalue weighted by atomic mass is 35.5. The lowest BCUT2D eigenvalue weighted by Gasteiger charge is -2.07. The van der Waals surface area contributed by atoms with E-state index in [1.807, 2.05) is 0 Å². The van der Waals surface area contributed by atoms with Crippen LogP contribution < -0.4 is 11.4 Å². The van der Waals surface area contributed by atoms with Crippen LogP contribution in [0.2, 0.25) is 5.02 Å². The first-order valence-electron chi connectivity index (χ1n) is 7.82. The third kappa shape index (κ3) is 2.91. The van der Waals surface area contributed by atoms with Crippen LogP contribution in [-0.4, -0.2) is 30.5 Å². The highest BCUT2D eigenvalue weighted by Gasteiger charge is 2.20. The Balaban J connectivity index is 2.08. The number of aromatic hydroxyl groups is 1. The Kier molecular flexibility index (Phi) is 3.89. The minimum atomic E-state index is -0.816. The number of halogens is 1. The number of nitrogens with two attached hydrogens (primary N) is 1. The maximum atomic E-state index is 12.5. The number of aromatic amines is 1. The van der Waals surface area contributed by atoms with Crippen molar-refractivity contribution in [3.63, 3.8) is 0 Å². The summed E-state index contributed by atoms with van der Waals surface area (Å²) in [4.78, 5) is 35.6. The Labute approximate surface area is 156 Å². The molecule has 0 bridgehead atoms. The van der Waals surface area contributed by atoms with Gasteiger partial charge in [-0.05, 0) is 30.3 Å².